The predicted octanol–water partition coefficient (Wildman–Crippen LogP) is 0.296. The third-order valence-electron chi connectivity index (χ3n) is 2.18. The summed E-state index contributed by atoms with van der Waals surface area (Å²) in [6.07, 6.45) is 1.37. The van der Waals surface area contributed by atoms with E-state index in [0.29, 0.717) is 24.4 Å². The van der Waals surface area contributed by atoms with Crippen LogP contribution >= 0.6 is 0 Å². The van der Waals surface area contributed by atoms with Gasteiger partial charge in [0.15, 0.2) is 0 Å². The number of ether oxygens (including phenoxy) is 1. The van der Waals surface area contributed by atoms with Gasteiger partial charge in [-0.15, -0.1) is 0 Å². The smallest absolute Gasteiger partial charge is 0.407 e. The molecule has 1 rings (SSSR count). The second-order valence-corrected chi connectivity index (χ2v) is 5.07. The number of nitrogens with one attached hydrogen (secondary N) is 2. The molecule has 0 radical (unpaired) electrons. The van der Waals surface area contributed by atoms with Crippen LogP contribution in [0.2, 0.25) is 0 Å². The van der Waals surface area contributed by atoms with Crippen molar-refractivity contribution in [1.82, 2.24) is 15.3 Å². The van der Waals surface area contributed by atoms with Gasteiger partial charge in [0.25, 0.3) is 5.56 Å². The SMILES string of the molecule is CC(C)(C)OC(=O)NCCc1ncc(CN)c(=O)[nH]1. The molecule has 19 heavy (non-hydrogen) atoms. The van der Waals surface area contributed by atoms with E-state index in [1.54, 1.807) is 20.8 Å². The predicted molar refractivity (Wildman–Crippen MR) is 70.7 cm³/mol. The van der Waals surface area contributed by atoms with Gasteiger partial charge in [-0.1, -0.05) is 0 Å². The number of hydrogen-bond donors (Lipinski definition) is 3. The second-order valence-electron chi connectivity index (χ2n) is 5.07. The molecule has 0 atom stereocenters. The summed E-state index contributed by atoms with van der Waals surface area (Å²) < 4.78 is 5.08. The third-order valence-corrected chi connectivity index (χ3v) is 2.18. The molecule has 1 amide bonds. The summed E-state index contributed by atoms with van der Waals surface area (Å²) >= 11 is 0. The Hall–Kier alpha value is -1.89. The van der Waals surface area contributed by atoms with Crippen LogP contribution < -0.4 is 16.6 Å². The van der Waals surface area contributed by atoms with E-state index in [4.69, 9.17) is 10.5 Å². The van der Waals surface area contributed by atoms with Gasteiger partial charge >= 0.3 is 6.09 Å². The standard InChI is InChI=1S/C12H20N4O3/c1-12(2,3)19-11(18)14-5-4-9-15-7-8(6-13)10(17)16-9/h7H,4-6,13H2,1-3H3,(H,14,18)(H,15,16,17). The van der Waals surface area contributed by atoms with Crippen molar-refractivity contribution >= 4 is 6.09 Å². The summed E-state index contributed by atoms with van der Waals surface area (Å²) in [4.78, 5) is 29.5. The number of aromatic amines is 1. The minimum absolute atomic E-state index is 0.152. The molecular formula is C12H20N4O3. The molecule has 7 heteroatoms. The van der Waals surface area contributed by atoms with Crippen LogP contribution in [0.5, 0.6) is 0 Å². The largest absolute Gasteiger partial charge is 0.444 e. The van der Waals surface area contributed by atoms with Crippen LogP contribution in [0.4, 0.5) is 4.79 Å². The molecule has 0 unspecified atom stereocenters. The van der Waals surface area contributed by atoms with Gasteiger partial charge in [0, 0.05) is 31.3 Å². The number of nitrogens with two attached hydrogens (primary N) is 1. The monoisotopic (exact) mass is 268 g/mol. The van der Waals surface area contributed by atoms with Gasteiger partial charge in [-0.3, -0.25) is 4.79 Å². The van der Waals surface area contributed by atoms with Crippen LogP contribution in [0.15, 0.2) is 11.0 Å². The first-order valence-electron chi connectivity index (χ1n) is 6.06. The molecule has 1 aromatic rings. The molecule has 0 spiro atoms. The van der Waals surface area contributed by atoms with Gasteiger partial charge in [-0.05, 0) is 20.8 Å². The van der Waals surface area contributed by atoms with Crippen molar-refractivity contribution in [2.24, 2.45) is 5.73 Å². The first kappa shape index (κ1) is 15.2. The van der Waals surface area contributed by atoms with Gasteiger partial charge in [0.1, 0.15) is 11.4 Å². The maximum atomic E-state index is 11.5. The van der Waals surface area contributed by atoms with Crippen molar-refractivity contribution in [2.75, 3.05) is 6.54 Å². The molecule has 0 aliphatic heterocycles. The molecule has 1 aromatic heterocycles. The van der Waals surface area contributed by atoms with E-state index in [-0.39, 0.29) is 12.1 Å². The zero-order chi connectivity index (χ0) is 14.5. The molecule has 0 fully saturated rings. The molecule has 1 heterocycles. The van der Waals surface area contributed by atoms with Crippen LogP contribution in [0, 0.1) is 0 Å². The van der Waals surface area contributed by atoms with Crippen LogP contribution in [0.3, 0.4) is 0 Å². The number of aromatic nitrogens is 2. The topological polar surface area (TPSA) is 110 Å². The normalized spacial score (nSPS) is 11.2. The number of alkyl carbamates (subject to hydrolysis) is 1. The zero-order valence-electron chi connectivity index (χ0n) is 11.4. The lowest BCUT2D eigenvalue weighted by Gasteiger charge is -2.19. The molecule has 4 N–H and O–H groups in total. The minimum atomic E-state index is -0.528. The molecule has 0 saturated carbocycles. The Bertz CT molecular complexity index is 490. The van der Waals surface area contributed by atoms with E-state index in [9.17, 15) is 9.59 Å². The van der Waals surface area contributed by atoms with Crippen molar-refractivity contribution < 1.29 is 9.53 Å². The lowest BCUT2D eigenvalue weighted by Crippen LogP contribution is -2.34. The van der Waals surface area contributed by atoms with E-state index < -0.39 is 11.7 Å². The maximum absolute atomic E-state index is 11.5. The van der Waals surface area contributed by atoms with Crippen molar-refractivity contribution in [3.63, 3.8) is 0 Å². The molecule has 106 valence electrons. The lowest BCUT2D eigenvalue weighted by molar-refractivity contribution is 0.0528. The van der Waals surface area contributed by atoms with Crippen molar-refractivity contribution in [2.45, 2.75) is 39.3 Å². The molecule has 0 aromatic carbocycles. The molecule has 0 aliphatic rings. The maximum Gasteiger partial charge on any atom is 0.407 e. The average Bonchev–Trinajstić information content (AvgIpc) is 2.26. The fraction of sp³-hybridized carbons (Fsp3) is 0.583. The summed E-state index contributed by atoms with van der Waals surface area (Å²) in [7, 11) is 0. The Morgan fingerprint density at radius 1 is 1.53 bits per heavy atom. The number of hydrogen-bond acceptors (Lipinski definition) is 5. The first-order chi connectivity index (χ1) is 8.81. The van der Waals surface area contributed by atoms with Crippen LogP contribution in [0.1, 0.15) is 32.2 Å². The highest BCUT2D eigenvalue weighted by Crippen LogP contribution is 2.06. The summed E-state index contributed by atoms with van der Waals surface area (Å²) in [5, 5.41) is 2.59. The fourth-order valence-electron chi connectivity index (χ4n) is 1.33. The van der Waals surface area contributed by atoms with E-state index in [1.165, 1.54) is 6.20 Å². The Labute approximate surface area is 111 Å². The quantitative estimate of drug-likeness (QED) is 0.727. The fourth-order valence-corrected chi connectivity index (χ4v) is 1.33. The molecule has 7 nitrogen and oxygen atoms in total. The molecule has 0 saturated heterocycles. The number of amides is 1. The molecule has 0 bridgehead atoms. The Morgan fingerprint density at radius 2 is 2.21 bits per heavy atom. The second kappa shape index (κ2) is 6.33. The van der Waals surface area contributed by atoms with E-state index in [1.807, 2.05) is 0 Å². The number of H-pyrrole nitrogens is 1. The Balaban J connectivity index is 2.44. The number of nitrogens with zero attached hydrogens (tertiary/aromatic N) is 1. The van der Waals surface area contributed by atoms with E-state index in [0.717, 1.165) is 0 Å². The average molecular weight is 268 g/mol. The van der Waals surface area contributed by atoms with E-state index >= 15 is 0 Å². The molecule has 0 aliphatic carbocycles. The van der Waals surface area contributed by atoms with Gasteiger partial charge in [-0.2, -0.15) is 0 Å². The number of rotatable bonds is 4. The van der Waals surface area contributed by atoms with Gasteiger partial charge < -0.3 is 20.8 Å². The van der Waals surface area contributed by atoms with Gasteiger partial charge in [0.2, 0.25) is 0 Å². The van der Waals surface area contributed by atoms with E-state index in [2.05, 4.69) is 15.3 Å². The summed E-state index contributed by atoms with van der Waals surface area (Å²) in [6, 6.07) is 0. The first-order valence-corrected chi connectivity index (χ1v) is 6.06. The van der Waals surface area contributed by atoms with Crippen LogP contribution in [-0.2, 0) is 17.7 Å². The highest BCUT2D eigenvalue weighted by Gasteiger charge is 2.15. The minimum Gasteiger partial charge on any atom is -0.444 e. The molecular weight excluding hydrogens is 248 g/mol. The van der Waals surface area contributed by atoms with Crippen LogP contribution in [0.25, 0.3) is 0 Å². The highest BCUT2D eigenvalue weighted by molar-refractivity contribution is 5.67. The zero-order valence-corrected chi connectivity index (χ0v) is 11.4. The highest BCUT2D eigenvalue weighted by atomic mass is 16.6. The Morgan fingerprint density at radius 3 is 2.74 bits per heavy atom. The van der Waals surface area contributed by atoms with Crippen LogP contribution in [-0.4, -0.2) is 28.2 Å². The van der Waals surface area contributed by atoms with Crippen molar-refractivity contribution in [3.8, 4) is 0 Å². The summed E-state index contributed by atoms with van der Waals surface area (Å²) in [5.74, 6) is 0.498. The Kier molecular flexibility index (Phi) is 5.05. The van der Waals surface area contributed by atoms with Gasteiger partial charge in [0.05, 0.1) is 0 Å². The van der Waals surface area contributed by atoms with Crippen molar-refractivity contribution in [1.29, 1.82) is 0 Å². The lowest BCUT2D eigenvalue weighted by atomic mass is 10.2. The number of carbonyl (C=O) groups excluding carboxylic acids is 1. The van der Waals surface area contributed by atoms with Crippen molar-refractivity contribution in [3.05, 3.63) is 27.9 Å². The number of carbonyl (C=O) groups is 1. The van der Waals surface area contributed by atoms with Gasteiger partial charge in [-0.25, -0.2) is 9.78 Å². The summed E-state index contributed by atoms with van der Waals surface area (Å²) in [6.45, 7) is 5.85. The summed E-state index contributed by atoms with van der Waals surface area (Å²) in [5.41, 5.74) is 5.03. The third kappa shape index (κ3) is 5.52.